The van der Waals surface area contributed by atoms with Gasteiger partial charge in [0, 0.05) is 6.54 Å². The second kappa shape index (κ2) is 6.30. The van der Waals surface area contributed by atoms with Gasteiger partial charge in [0.25, 0.3) is 5.91 Å². The third-order valence-electron chi connectivity index (χ3n) is 4.81. The number of fused-ring (bicyclic) bond motifs is 1. The molecule has 1 amide bonds. The molecule has 2 heterocycles. The van der Waals surface area contributed by atoms with Gasteiger partial charge in [-0.15, -0.1) is 0 Å². The number of rotatable bonds is 2. The van der Waals surface area contributed by atoms with Crippen LogP contribution in [0.25, 0.3) is 10.8 Å². The number of carbonyl (C=O) groups excluding carboxylic acids is 1. The molecule has 2 saturated heterocycles. The van der Waals surface area contributed by atoms with Gasteiger partial charge in [0.15, 0.2) is 6.10 Å². The highest BCUT2D eigenvalue weighted by Gasteiger charge is 2.35. The quantitative estimate of drug-likeness (QED) is 0.856. The summed E-state index contributed by atoms with van der Waals surface area (Å²) in [5.41, 5.74) is 1.24. The number of benzene rings is 2. The molecular formula is C19H21NO3. The molecule has 2 atom stereocenters. The fourth-order valence-electron chi connectivity index (χ4n) is 3.71. The monoisotopic (exact) mass is 311 g/mol. The Kier molecular flexibility index (Phi) is 4.02. The summed E-state index contributed by atoms with van der Waals surface area (Å²) in [6, 6.07) is 14.9. The SMILES string of the molecule is O=C([C@@H]1COCCO1)N1CCC[C@@H]1c1cccc2ccccc12. The molecule has 4 heteroatoms. The summed E-state index contributed by atoms with van der Waals surface area (Å²) in [6.07, 6.45) is 1.60. The van der Waals surface area contributed by atoms with Crippen molar-refractivity contribution in [1.29, 1.82) is 0 Å². The van der Waals surface area contributed by atoms with Crippen LogP contribution in [0.3, 0.4) is 0 Å². The van der Waals surface area contributed by atoms with Crippen LogP contribution >= 0.6 is 0 Å². The van der Waals surface area contributed by atoms with Crippen LogP contribution in [-0.2, 0) is 14.3 Å². The van der Waals surface area contributed by atoms with E-state index in [1.807, 2.05) is 4.90 Å². The standard InChI is InChI=1S/C19H21NO3/c21-19(18-13-22-11-12-23-18)20-10-4-9-17(20)16-8-3-6-14-5-1-2-7-15(14)16/h1-3,5-8,17-18H,4,9-13H2/t17-,18+/m1/s1. The van der Waals surface area contributed by atoms with Crippen LogP contribution in [0.1, 0.15) is 24.4 Å². The number of ether oxygens (including phenoxy) is 2. The molecule has 0 aromatic heterocycles. The van der Waals surface area contributed by atoms with Gasteiger partial charge in [-0.2, -0.15) is 0 Å². The largest absolute Gasteiger partial charge is 0.376 e. The predicted octanol–water partition coefficient (Wildman–Crippen LogP) is 2.92. The van der Waals surface area contributed by atoms with E-state index in [0.717, 1.165) is 19.4 Å². The Morgan fingerprint density at radius 2 is 1.96 bits per heavy atom. The Bertz CT molecular complexity index is 703. The van der Waals surface area contributed by atoms with E-state index in [1.165, 1.54) is 16.3 Å². The smallest absolute Gasteiger partial charge is 0.254 e. The van der Waals surface area contributed by atoms with Crippen molar-refractivity contribution in [2.75, 3.05) is 26.4 Å². The molecule has 120 valence electrons. The molecule has 2 aromatic carbocycles. The van der Waals surface area contributed by atoms with Gasteiger partial charge < -0.3 is 14.4 Å². The maximum absolute atomic E-state index is 12.8. The first-order chi connectivity index (χ1) is 11.3. The van der Waals surface area contributed by atoms with E-state index >= 15 is 0 Å². The first kappa shape index (κ1) is 14.7. The van der Waals surface area contributed by atoms with E-state index in [9.17, 15) is 4.79 Å². The first-order valence-electron chi connectivity index (χ1n) is 8.32. The molecule has 2 aliphatic heterocycles. The molecule has 0 spiro atoms. The third kappa shape index (κ3) is 2.73. The molecule has 2 aromatic rings. The summed E-state index contributed by atoms with van der Waals surface area (Å²) in [5, 5.41) is 2.46. The highest BCUT2D eigenvalue weighted by molar-refractivity contribution is 5.87. The molecule has 0 aliphatic carbocycles. The summed E-state index contributed by atoms with van der Waals surface area (Å²) in [5.74, 6) is 0.0696. The number of nitrogens with zero attached hydrogens (tertiary/aromatic N) is 1. The predicted molar refractivity (Wildman–Crippen MR) is 88.2 cm³/mol. The van der Waals surface area contributed by atoms with E-state index < -0.39 is 6.10 Å². The van der Waals surface area contributed by atoms with Crippen LogP contribution in [0, 0.1) is 0 Å². The van der Waals surface area contributed by atoms with E-state index in [1.54, 1.807) is 0 Å². The van der Waals surface area contributed by atoms with Gasteiger partial charge in [-0.3, -0.25) is 4.79 Å². The maximum atomic E-state index is 12.8. The van der Waals surface area contributed by atoms with Gasteiger partial charge in [-0.05, 0) is 29.2 Å². The third-order valence-corrected chi connectivity index (χ3v) is 4.81. The number of carbonyl (C=O) groups is 1. The Morgan fingerprint density at radius 1 is 1.09 bits per heavy atom. The Hall–Kier alpha value is -1.91. The second-order valence-electron chi connectivity index (χ2n) is 6.19. The van der Waals surface area contributed by atoms with Crippen molar-refractivity contribution in [2.24, 2.45) is 0 Å². The molecule has 4 nitrogen and oxygen atoms in total. The first-order valence-corrected chi connectivity index (χ1v) is 8.32. The molecule has 2 fully saturated rings. The minimum atomic E-state index is -0.445. The zero-order valence-corrected chi connectivity index (χ0v) is 13.1. The lowest BCUT2D eigenvalue weighted by Gasteiger charge is -2.31. The summed E-state index contributed by atoms with van der Waals surface area (Å²) >= 11 is 0. The fraction of sp³-hybridized carbons (Fsp3) is 0.421. The lowest BCUT2D eigenvalue weighted by molar-refractivity contribution is -0.158. The molecule has 0 saturated carbocycles. The average molecular weight is 311 g/mol. The summed E-state index contributed by atoms with van der Waals surface area (Å²) in [4.78, 5) is 14.8. The minimum absolute atomic E-state index is 0.0696. The van der Waals surface area contributed by atoms with Crippen molar-refractivity contribution in [2.45, 2.75) is 25.0 Å². The van der Waals surface area contributed by atoms with Gasteiger partial charge in [0.05, 0.1) is 25.9 Å². The van der Waals surface area contributed by atoms with Crippen molar-refractivity contribution >= 4 is 16.7 Å². The molecule has 0 N–H and O–H groups in total. The second-order valence-corrected chi connectivity index (χ2v) is 6.19. The normalized spacial score (nSPS) is 25.0. The fourth-order valence-corrected chi connectivity index (χ4v) is 3.71. The Balaban J connectivity index is 1.65. The van der Waals surface area contributed by atoms with Gasteiger partial charge in [-0.25, -0.2) is 0 Å². The topological polar surface area (TPSA) is 38.8 Å². The maximum Gasteiger partial charge on any atom is 0.254 e. The van der Waals surface area contributed by atoms with Crippen LogP contribution in [0.15, 0.2) is 42.5 Å². The number of amides is 1. The van der Waals surface area contributed by atoms with Crippen LogP contribution in [0.4, 0.5) is 0 Å². The number of hydrogen-bond acceptors (Lipinski definition) is 3. The summed E-state index contributed by atoms with van der Waals surface area (Å²) in [7, 11) is 0. The molecule has 0 radical (unpaired) electrons. The lowest BCUT2D eigenvalue weighted by Crippen LogP contribution is -2.45. The van der Waals surface area contributed by atoms with Crippen LogP contribution in [0.2, 0.25) is 0 Å². The van der Waals surface area contributed by atoms with Crippen LogP contribution in [0.5, 0.6) is 0 Å². The van der Waals surface area contributed by atoms with Gasteiger partial charge in [0.1, 0.15) is 0 Å². The highest BCUT2D eigenvalue weighted by atomic mass is 16.6. The van der Waals surface area contributed by atoms with Crippen LogP contribution in [-0.4, -0.2) is 43.3 Å². The average Bonchev–Trinajstić information content (AvgIpc) is 3.11. The zero-order chi connectivity index (χ0) is 15.6. The molecule has 0 bridgehead atoms. The van der Waals surface area contributed by atoms with Gasteiger partial charge >= 0.3 is 0 Å². The Morgan fingerprint density at radius 3 is 2.83 bits per heavy atom. The van der Waals surface area contributed by atoms with Gasteiger partial charge in [0.2, 0.25) is 0 Å². The van der Waals surface area contributed by atoms with E-state index in [0.29, 0.717) is 19.8 Å². The molecular weight excluding hydrogens is 290 g/mol. The highest BCUT2D eigenvalue weighted by Crippen LogP contribution is 2.36. The summed E-state index contributed by atoms with van der Waals surface area (Å²) < 4.78 is 11.0. The minimum Gasteiger partial charge on any atom is -0.376 e. The van der Waals surface area contributed by atoms with Crippen molar-refractivity contribution in [3.8, 4) is 0 Å². The zero-order valence-electron chi connectivity index (χ0n) is 13.1. The Labute approximate surface area is 136 Å². The summed E-state index contributed by atoms with van der Waals surface area (Å²) in [6.45, 7) is 2.25. The van der Waals surface area contributed by atoms with Crippen molar-refractivity contribution in [3.63, 3.8) is 0 Å². The van der Waals surface area contributed by atoms with Crippen molar-refractivity contribution in [3.05, 3.63) is 48.0 Å². The van der Waals surface area contributed by atoms with E-state index in [-0.39, 0.29) is 11.9 Å². The van der Waals surface area contributed by atoms with Crippen LogP contribution < -0.4 is 0 Å². The molecule has 4 rings (SSSR count). The molecule has 23 heavy (non-hydrogen) atoms. The number of likely N-dealkylation sites (tertiary alicyclic amines) is 1. The molecule has 0 unspecified atom stereocenters. The van der Waals surface area contributed by atoms with E-state index in [4.69, 9.17) is 9.47 Å². The van der Waals surface area contributed by atoms with Crippen molar-refractivity contribution < 1.29 is 14.3 Å². The van der Waals surface area contributed by atoms with E-state index in [2.05, 4.69) is 42.5 Å². The number of hydrogen-bond donors (Lipinski definition) is 0. The van der Waals surface area contributed by atoms with Gasteiger partial charge in [-0.1, -0.05) is 42.5 Å². The molecule has 2 aliphatic rings. The van der Waals surface area contributed by atoms with Crippen molar-refractivity contribution in [1.82, 2.24) is 4.90 Å². The lowest BCUT2D eigenvalue weighted by atomic mass is 9.97.